The molecular formula is C15H13N3O2. The molecule has 3 rings (SSSR count). The molecule has 0 unspecified atom stereocenters. The van der Waals surface area contributed by atoms with Crippen LogP contribution in [0.5, 0.6) is 0 Å². The van der Waals surface area contributed by atoms with E-state index >= 15 is 0 Å². The van der Waals surface area contributed by atoms with E-state index in [2.05, 4.69) is 15.5 Å². The summed E-state index contributed by atoms with van der Waals surface area (Å²) in [6, 6.07) is 11.4. The summed E-state index contributed by atoms with van der Waals surface area (Å²) < 4.78 is 5.07. The molecule has 1 amide bonds. The quantitative estimate of drug-likeness (QED) is 0.563. The number of furan rings is 1. The third-order valence-electron chi connectivity index (χ3n) is 2.95. The molecule has 100 valence electrons. The molecule has 5 heteroatoms. The molecule has 2 heterocycles. The van der Waals surface area contributed by atoms with Gasteiger partial charge in [-0.15, -0.1) is 0 Å². The lowest BCUT2D eigenvalue weighted by Gasteiger charge is -1.98. The lowest BCUT2D eigenvalue weighted by atomic mass is 10.1. The minimum absolute atomic E-state index is 0.169. The fourth-order valence-electron chi connectivity index (χ4n) is 2.02. The molecule has 0 radical (unpaired) electrons. The van der Waals surface area contributed by atoms with Gasteiger partial charge in [-0.2, -0.15) is 5.10 Å². The van der Waals surface area contributed by atoms with Gasteiger partial charge in [0.1, 0.15) is 5.76 Å². The number of hydrogen-bond donors (Lipinski definition) is 2. The second kappa shape index (κ2) is 5.44. The average molecular weight is 267 g/mol. The molecule has 0 aliphatic carbocycles. The third-order valence-corrected chi connectivity index (χ3v) is 2.95. The summed E-state index contributed by atoms with van der Waals surface area (Å²) in [5, 5.41) is 4.90. The molecule has 5 nitrogen and oxygen atoms in total. The molecule has 0 spiro atoms. The van der Waals surface area contributed by atoms with E-state index in [4.69, 9.17) is 4.42 Å². The number of amides is 1. The first kappa shape index (κ1) is 12.2. The second-order valence-corrected chi connectivity index (χ2v) is 4.34. The van der Waals surface area contributed by atoms with E-state index in [-0.39, 0.29) is 12.3 Å². The number of fused-ring (bicyclic) bond motifs is 1. The molecule has 0 bridgehead atoms. The molecule has 0 atom stereocenters. The average Bonchev–Trinajstić information content (AvgIpc) is 3.09. The van der Waals surface area contributed by atoms with E-state index in [1.54, 1.807) is 18.4 Å². The predicted molar refractivity (Wildman–Crippen MR) is 76.4 cm³/mol. The number of carbonyl (C=O) groups is 1. The van der Waals surface area contributed by atoms with Crippen molar-refractivity contribution in [2.24, 2.45) is 5.10 Å². The fourth-order valence-corrected chi connectivity index (χ4v) is 2.02. The summed E-state index contributed by atoms with van der Waals surface area (Å²) in [6.07, 6.45) is 5.14. The van der Waals surface area contributed by atoms with Gasteiger partial charge < -0.3 is 9.40 Å². The highest BCUT2D eigenvalue weighted by molar-refractivity contribution is 5.89. The van der Waals surface area contributed by atoms with Crippen molar-refractivity contribution in [1.82, 2.24) is 10.4 Å². The number of rotatable bonds is 4. The number of aromatic amines is 1. The molecule has 2 N–H and O–H groups in total. The summed E-state index contributed by atoms with van der Waals surface area (Å²) in [4.78, 5) is 15.0. The number of carbonyl (C=O) groups excluding carboxylic acids is 1. The van der Waals surface area contributed by atoms with Crippen molar-refractivity contribution in [3.05, 3.63) is 60.2 Å². The van der Waals surface area contributed by atoms with Gasteiger partial charge in [0, 0.05) is 17.1 Å². The molecule has 0 aliphatic heterocycles. The second-order valence-electron chi connectivity index (χ2n) is 4.34. The van der Waals surface area contributed by atoms with Gasteiger partial charge in [-0.25, -0.2) is 5.43 Å². The lowest BCUT2D eigenvalue weighted by molar-refractivity contribution is -0.120. The van der Waals surface area contributed by atoms with Gasteiger partial charge in [0.2, 0.25) is 5.91 Å². The first-order valence-electron chi connectivity index (χ1n) is 6.23. The van der Waals surface area contributed by atoms with Crippen LogP contribution in [0.3, 0.4) is 0 Å². The summed E-state index contributed by atoms with van der Waals surface area (Å²) in [5.41, 5.74) is 4.45. The molecule has 0 aliphatic rings. The molecule has 0 fully saturated rings. The smallest absolute Gasteiger partial charge is 0.244 e. The topological polar surface area (TPSA) is 70.4 Å². The Bertz CT molecular complexity index is 741. The van der Waals surface area contributed by atoms with E-state index in [1.807, 2.05) is 30.5 Å². The summed E-state index contributed by atoms with van der Waals surface area (Å²) in [5.74, 6) is 0.426. The van der Waals surface area contributed by atoms with Crippen LogP contribution >= 0.6 is 0 Å². The maximum absolute atomic E-state index is 11.8. The van der Waals surface area contributed by atoms with Crippen molar-refractivity contribution in [2.45, 2.75) is 6.42 Å². The maximum atomic E-state index is 11.8. The Labute approximate surface area is 115 Å². The standard InChI is InChI=1S/C15H13N3O2/c19-15(18-17-10-12-4-3-7-20-12)8-11-9-16-14-6-2-1-5-13(11)14/h1-7,9-10,16H,8H2,(H,18,19)/b17-10-. The molecule has 3 aromatic rings. The van der Waals surface area contributed by atoms with E-state index in [0.29, 0.717) is 5.76 Å². The van der Waals surface area contributed by atoms with Crippen molar-refractivity contribution in [3.8, 4) is 0 Å². The summed E-state index contributed by atoms with van der Waals surface area (Å²) >= 11 is 0. The number of hydrogen-bond acceptors (Lipinski definition) is 3. The van der Waals surface area contributed by atoms with Crippen molar-refractivity contribution in [1.29, 1.82) is 0 Å². The van der Waals surface area contributed by atoms with E-state index in [1.165, 1.54) is 6.21 Å². The van der Waals surface area contributed by atoms with Crippen LogP contribution in [0.4, 0.5) is 0 Å². The van der Waals surface area contributed by atoms with Crippen LogP contribution in [0.2, 0.25) is 0 Å². The number of aromatic nitrogens is 1. The SMILES string of the molecule is O=C(Cc1c[nH]c2ccccc12)N/N=C\c1ccco1. The third kappa shape index (κ3) is 2.61. The minimum Gasteiger partial charge on any atom is -0.463 e. The Kier molecular flexibility index (Phi) is 3.33. The lowest BCUT2D eigenvalue weighted by Crippen LogP contribution is -2.19. The monoisotopic (exact) mass is 267 g/mol. The molecular weight excluding hydrogens is 254 g/mol. The van der Waals surface area contributed by atoms with Gasteiger partial charge in [-0.05, 0) is 23.8 Å². The molecule has 0 saturated heterocycles. The minimum atomic E-state index is -0.169. The van der Waals surface area contributed by atoms with E-state index in [9.17, 15) is 4.79 Å². The van der Waals surface area contributed by atoms with Crippen LogP contribution in [-0.2, 0) is 11.2 Å². The Balaban J connectivity index is 1.64. The predicted octanol–water partition coefficient (Wildman–Crippen LogP) is 2.45. The Morgan fingerprint density at radius 1 is 1.30 bits per heavy atom. The highest BCUT2D eigenvalue weighted by atomic mass is 16.3. The van der Waals surface area contributed by atoms with Crippen LogP contribution < -0.4 is 5.43 Å². The first-order chi connectivity index (χ1) is 9.83. The van der Waals surface area contributed by atoms with Crippen molar-refractivity contribution >= 4 is 23.0 Å². The number of para-hydroxylation sites is 1. The van der Waals surface area contributed by atoms with Gasteiger partial charge in [0.05, 0.1) is 18.9 Å². The van der Waals surface area contributed by atoms with Crippen LogP contribution in [0, 0.1) is 0 Å². The Morgan fingerprint density at radius 2 is 2.20 bits per heavy atom. The number of nitrogens with one attached hydrogen (secondary N) is 2. The normalized spacial score (nSPS) is 11.2. The zero-order valence-electron chi connectivity index (χ0n) is 10.7. The van der Waals surface area contributed by atoms with Gasteiger partial charge in [0.15, 0.2) is 0 Å². The van der Waals surface area contributed by atoms with Crippen molar-refractivity contribution in [3.63, 3.8) is 0 Å². The number of hydrazone groups is 1. The van der Waals surface area contributed by atoms with Gasteiger partial charge in [0.25, 0.3) is 0 Å². The van der Waals surface area contributed by atoms with Crippen molar-refractivity contribution < 1.29 is 9.21 Å². The van der Waals surface area contributed by atoms with E-state index < -0.39 is 0 Å². The zero-order valence-corrected chi connectivity index (χ0v) is 10.7. The van der Waals surface area contributed by atoms with Crippen LogP contribution in [0.25, 0.3) is 10.9 Å². The van der Waals surface area contributed by atoms with Gasteiger partial charge in [-0.1, -0.05) is 18.2 Å². The Morgan fingerprint density at radius 3 is 3.05 bits per heavy atom. The van der Waals surface area contributed by atoms with Crippen LogP contribution in [0.1, 0.15) is 11.3 Å². The number of benzene rings is 1. The van der Waals surface area contributed by atoms with E-state index in [0.717, 1.165) is 16.5 Å². The number of H-pyrrole nitrogens is 1. The maximum Gasteiger partial charge on any atom is 0.244 e. The molecule has 20 heavy (non-hydrogen) atoms. The fraction of sp³-hybridized carbons (Fsp3) is 0.0667. The highest BCUT2D eigenvalue weighted by Crippen LogP contribution is 2.17. The van der Waals surface area contributed by atoms with Crippen LogP contribution in [0.15, 0.2) is 58.4 Å². The first-order valence-corrected chi connectivity index (χ1v) is 6.23. The molecule has 1 aromatic carbocycles. The molecule has 2 aromatic heterocycles. The highest BCUT2D eigenvalue weighted by Gasteiger charge is 2.07. The largest absolute Gasteiger partial charge is 0.463 e. The van der Waals surface area contributed by atoms with Crippen molar-refractivity contribution in [2.75, 3.05) is 0 Å². The molecule has 0 saturated carbocycles. The van der Waals surface area contributed by atoms with Crippen LogP contribution in [-0.4, -0.2) is 17.1 Å². The van der Waals surface area contributed by atoms with Gasteiger partial charge in [-0.3, -0.25) is 4.79 Å². The summed E-state index contributed by atoms with van der Waals surface area (Å²) in [7, 11) is 0. The number of nitrogens with zero attached hydrogens (tertiary/aromatic N) is 1. The van der Waals surface area contributed by atoms with Gasteiger partial charge >= 0.3 is 0 Å². The zero-order chi connectivity index (χ0) is 13.8. The summed E-state index contributed by atoms with van der Waals surface area (Å²) in [6.45, 7) is 0. The Hall–Kier alpha value is -2.82.